The highest BCUT2D eigenvalue weighted by molar-refractivity contribution is 6.03. The Labute approximate surface area is 162 Å². The smallest absolute Gasteiger partial charge is 0.274 e. The lowest BCUT2D eigenvalue weighted by Gasteiger charge is -2.18. The number of hydrogen-bond acceptors (Lipinski definition) is 3. The summed E-state index contributed by atoms with van der Waals surface area (Å²) in [7, 11) is 0. The minimum absolute atomic E-state index is 0.0442. The Morgan fingerprint density at radius 3 is 2.29 bits per heavy atom. The molecule has 0 saturated carbocycles. The molecule has 1 aromatic heterocycles. The molecule has 0 spiro atoms. The van der Waals surface area contributed by atoms with Crippen LogP contribution in [0.4, 0.5) is 10.1 Å². The van der Waals surface area contributed by atoms with Crippen molar-refractivity contribution in [2.45, 2.75) is 13.8 Å². The lowest BCUT2D eigenvalue weighted by Crippen LogP contribution is -2.30. The van der Waals surface area contributed by atoms with E-state index in [2.05, 4.69) is 10.3 Å². The molecule has 144 valence electrons. The van der Waals surface area contributed by atoms with Crippen LogP contribution in [0, 0.1) is 5.82 Å². The van der Waals surface area contributed by atoms with Gasteiger partial charge in [0, 0.05) is 30.0 Å². The van der Waals surface area contributed by atoms with Gasteiger partial charge >= 0.3 is 0 Å². The molecule has 3 rings (SSSR count). The van der Waals surface area contributed by atoms with E-state index in [0.29, 0.717) is 35.7 Å². The number of amides is 2. The number of rotatable bonds is 6. The lowest BCUT2D eigenvalue weighted by molar-refractivity contribution is 0.0773. The van der Waals surface area contributed by atoms with E-state index in [9.17, 15) is 14.0 Å². The van der Waals surface area contributed by atoms with Crippen LogP contribution in [0.25, 0.3) is 5.69 Å². The van der Waals surface area contributed by atoms with Gasteiger partial charge in [0.1, 0.15) is 11.5 Å². The number of anilines is 1. The maximum Gasteiger partial charge on any atom is 0.274 e. The van der Waals surface area contributed by atoms with Crippen LogP contribution in [0.1, 0.15) is 34.7 Å². The largest absolute Gasteiger partial charge is 0.339 e. The zero-order chi connectivity index (χ0) is 20.1. The molecule has 2 aromatic carbocycles. The molecule has 3 aromatic rings. The van der Waals surface area contributed by atoms with E-state index in [0.717, 1.165) is 0 Å². The van der Waals surface area contributed by atoms with Crippen LogP contribution in [-0.4, -0.2) is 39.4 Å². The van der Waals surface area contributed by atoms with Crippen molar-refractivity contribution in [1.82, 2.24) is 14.5 Å². The molecule has 0 aliphatic heterocycles. The Bertz CT molecular complexity index is 961. The third-order valence-corrected chi connectivity index (χ3v) is 4.42. The molecule has 0 saturated heterocycles. The number of aromatic nitrogens is 2. The molecule has 0 atom stereocenters. The van der Waals surface area contributed by atoms with Crippen molar-refractivity contribution >= 4 is 17.5 Å². The van der Waals surface area contributed by atoms with Crippen LogP contribution >= 0.6 is 0 Å². The number of halogens is 1. The molecule has 1 N–H and O–H groups in total. The summed E-state index contributed by atoms with van der Waals surface area (Å²) in [6.45, 7) is 5.14. The SMILES string of the molecule is CCN(CC)C(=O)c1ccc(NC(=O)c2cncn2-c2ccc(F)cc2)cc1. The molecule has 0 aliphatic rings. The second kappa shape index (κ2) is 8.47. The highest BCUT2D eigenvalue weighted by Crippen LogP contribution is 2.16. The molecule has 0 aliphatic carbocycles. The first kappa shape index (κ1) is 19.3. The standard InChI is InChI=1S/C21H21FN4O2/c1-3-25(4-2)21(28)15-5-9-17(10-6-15)24-20(27)19-13-23-14-26(19)18-11-7-16(22)8-12-18/h5-14H,3-4H2,1-2H3,(H,24,27). The number of carbonyl (C=O) groups is 2. The summed E-state index contributed by atoms with van der Waals surface area (Å²) >= 11 is 0. The Hall–Kier alpha value is -3.48. The third-order valence-electron chi connectivity index (χ3n) is 4.42. The fourth-order valence-corrected chi connectivity index (χ4v) is 2.86. The first-order chi connectivity index (χ1) is 13.5. The van der Waals surface area contributed by atoms with Gasteiger partial charge in [0.2, 0.25) is 0 Å². The van der Waals surface area contributed by atoms with E-state index in [1.54, 1.807) is 45.9 Å². The van der Waals surface area contributed by atoms with Gasteiger partial charge < -0.3 is 10.2 Å². The predicted octanol–water partition coefficient (Wildman–Crippen LogP) is 3.75. The molecule has 0 radical (unpaired) electrons. The zero-order valence-corrected chi connectivity index (χ0v) is 15.7. The van der Waals surface area contributed by atoms with Crippen LogP contribution in [0.2, 0.25) is 0 Å². The van der Waals surface area contributed by atoms with E-state index in [-0.39, 0.29) is 17.6 Å². The van der Waals surface area contributed by atoms with Crippen LogP contribution in [-0.2, 0) is 0 Å². The molecule has 1 heterocycles. The molecule has 0 fully saturated rings. The van der Waals surface area contributed by atoms with Gasteiger partial charge in [0.15, 0.2) is 0 Å². The molecular formula is C21H21FN4O2. The van der Waals surface area contributed by atoms with Gasteiger partial charge in [-0.25, -0.2) is 9.37 Å². The van der Waals surface area contributed by atoms with Crippen LogP contribution in [0.3, 0.4) is 0 Å². The summed E-state index contributed by atoms with van der Waals surface area (Å²) in [6.07, 6.45) is 2.94. The fourth-order valence-electron chi connectivity index (χ4n) is 2.86. The topological polar surface area (TPSA) is 67.2 Å². The third kappa shape index (κ3) is 4.09. The number of carbonyl (C=O) groups excluding carboxylic acids is 2. The van der Waals surface area contributed by atoms with Crippen molar-refractivity contribution in [3.63, 3.8) is 0 Å². The van der Waals surface area contributed by atoms with Crippen molar-refractivity contribution in [2.24, 2.45) is 0 Å². The second-order valence-electron chi connectivity index (χ2n) is 6.13. The molecule has 28 heavy (non-hydrogen) atoms. The van der Waals surface area contributed by atoms with Crippen molar-refractivity contribution < 1.29 is 14.0 Å². The number of nitrogens with one attached hydrogen (secondary N) is 1. The average Bonchev–Trinajstić information content (AvgIpc) is 3.20. The minimum atomic E-state index is -0.357. The second-order valence-corrected chi connectivity index (χ2v) is 6.13. The number of nitrogens with zero attached hydrogens (tertiary/aromatic N) is 3. The minimum Gasteiger partial charge on any atom is -0.339 e. The van der Waals surface area contributed by atoms with Crippen molar-refractivity contribution in [3.05, 3.63) is 78.1 Å². The summed E-state index contributed by atoms with van der Waals surface area (Å²) < 4.78 is 14.7. The van der Waals surface area contributed by atoms with Crippen LogP contribution in [0.5, 0.6) is 0 Å². The first-order valence-electron chi connectivity index (χ1n) is 9.02. The summed E-state index contributed by atoms with van der Waals surface area (Å²) in [5.74, 6) is -0.754. The highest BCUT2D eigenvalue weighted by Gasteiger charge is 2.15. The number of hydrogen-bond donors (Lipinski definition) is 1. The Balaban J connectivity index is 1.75. The van der Waals surface area contributed by atoms with Gasteiger partial charge in [-0.3, -0.25) is 14.2 Å². The summed E-state index contributed by atoms with van der Waals surface area (Å²) in [6, 6.07) is 12.5. The van der Waals surface area contributed by atoms with Gasteiger partial charge in [0.25, 0.3) is 11.8 Å². The number of benzene rings is 2. The molecule has 0 unspecified atom stereocenters. The summed E-state index contributed by atoms with van der Waals surface area (Å²) in [5, 5.41) is 2.79. The summed E-state index contributed by atoms with van der Waals surface area (Å²) in [4.78, 5) is 30.7. The highest BCUT2D eigenvalue weighted by atomic mass is 19.1. The van der Waals surface area contributed by atoms with Gasteiger partial charge in [-0.1, -0.05) is 0 Å². The van der Waals surface area contributed by atoms with Crippen LogP contribution < -0.4 is 5.32 Å². The van der Waals surface area contributed by atoms with Crippen molar-refractivity contribution in [1.29, 1.82) is 0 Å². The first-order valence-corrected chi connectivity index (χ1v) is 9.02. The molecule has 2 amide bonds. The monoisotopic (exact) mass is 380 g/mol. The molecule has 0 bridgehead atoms. The van der Waals surface area contributed by atoms with Gasteiger partial charge in [-0.15, -0.1) is 0 Å². The molecule has 6 nitrogen and oxygen atoms in total. The van der Waals surface area contributed by atoms with E-state index >= 15 is 0 Å². The fraction of sp³-hybridized carbons (Fsp3) is 0.190. The Kier molecular flexibility index (Phi) is 5.84. The molecule has 7 heteroatoms. The van der Waals surface area contributed by atoms with Crippen molar-refractivity contribution in [2.75, 3.05) is 18.4 Å². The Morgan fingerprint density at radius 1 is 1.04 bits per heavy atom. The maximum absolute atomic E-state index is 13.1. The van der Waals surface area contributed by atoms with Gasteiger partial charge in [-0.05, 0) is 62.4 Å². The molecular weight excluding hydrogens is 359 g/mol. The van der Waals surface area contributed by atoms with E-state index in [4.69, 9.17) is 0 Å². The van der Waals surface area contributed by atoms with Gasteiger partial charge in [-0.2, -0.15) is 0 Å². The number of imidazole rings is 1. The quantitative estimate of drug-likeness (QED) is 0.708. The van der Waals surface area contributed by atoms with Crippen LogP contribution in [0.15, 0.2) is 61.1 Å². The zero-order valence-electron chi connectivity index (χ0n) is 15.7. The maximum atomic E-state index is 13.1. The summed E-state index contributed by atoms with van der Waals surface area (Å²) in [5.41, 5.74) is 2.07. The van der Waals surface area contributed by atoms with E-state index in [1.807, 2.05) is 13.8 Å². The van der Waals surface area contributed by atoms with E-state index < -0.39 is 0 Å². The Morgan fingerprint density at radius 2 is 1.68 bits per heavy atom. The average molecular weight is 380 g/mol. The normalized spacial score (nSPS) is 10.5. The predicted molar refractivity (Wildman–Crippen MR) is 105 cm³/mol. The van der Waals surface area contributed by atoms with Crippen molar-refractivity contribution in [3.8, 4) is 5.69 Å². The lowest BCUT2D eigenvalue weighted by atomic mass is 10.1. The van der Waals surface area contributed by atoms with E-state index in [1.165, 1.54) is 24.7 Å². The van der Waals surface area contributed by atoms with Gasteiger partial charge in [0.05, 0.1) is 12.5 Å².